The molecule has 2 amide bonds. The Kier molecular flexibility index (Phi) is 5.09. The van der Waals surface area contributed by atoms with Crippen LogP contribution in [0.1, 0.15) is 41.7 Å². The van der Waals surface area contributed by atoms with Crippen LogP contribution in [0.4, 0.5) is 0 Å². The van der Waals surface area contributed by atoms with Crippen LogP contribution in [-0.2, 0) is 11.3 Å². The molecule has 1 N–H and O–H groups in total. The van der Waals surface area contributed by atoms with Crippen LogP contribution < -0.4 is 10.1 Å². The number of para-hydroxylation sites is 1. The Balaban J connectivity index is 1.10. The van der Waals surface area contributed by atoms with Gasteiger partial charge in [0.05, 0.1) is 11.3 Å². The number of piperazine rings is 1. The number of nitrogens with zero attached hydrogens (tertiary/aromatic N) is 3. The summed E-state index contributed by atoms with van der Waals surface area (Å²) < 4.78 is 6.44. The number of ether oxygens (including phenoxy) is 1. The highest BCUT2D eigenvalue weighted by molar-refractivity contribution is 5.98. The molecule has 7 rings (SSSR count). The first kappa shape index (κ1) is 20.7. The van der Waals surface area contributed by atoms with Gasteiger partial charge in [-0.3, -0.25) is 19.5 Å². The Morgan fingerprint density at radius 1 is 1.09 bits per heavy atom. The molecular formula is C26H30N4O3. The van der Waals surface area contributed by atoms with Gasteiger partial charge in [-0.05, 0) is 49.4 Å². The Hall–Kier alpha value is -2.93. The second-order valence-corrected chi connectivity index (χ2v) is 9.95. The second kappa shape index (κ2) is 8.13. The maximum Gasteiger partial charge on any atom is 0.258 e. The number of hydrogen-bond donors (Lipinski definition) is 1. The van der Waals surface area contributed by atoms with Crippen LogP contribution in [0.5, 0.6) is 5.75 Å². The SMILES string of the molecule is O=C1NC2(CC3CCC2CC3C(=O)N2CCN(Cc3ccccn3)CC2)Oc2ccccc21. The number of amides is 2. The summed E-state index contributed by atoms with van der Waals surface area (Å²) in [6.45, 7) is 4.13. The van der Waals surface area contributed by atoms with E-state index in [-0.39, 0.29) is 23.7 Å². The first-order valence-corrected chi connectivity index (χ1v) is 12.1. The second-order valence-electron chi connectivity index (χ2n) is 9.95. The molecule has 5 aliphatic rings. The van der Waals surface area contributed by atoms with E-state index in [0.717, 1.165) is 57.7 Å². The summed E-state index contributed by atoms with van der Waals surface area (Å²) in [7, 11) is 0. The summed E-state index contributed by atoms with van der Waals surface area (Å²) in [5.41, 5.74) is 1.01. The van der Waals surface area contributed by atoms with Crippen molar-refractivity contribution < 1.29 is 14.3 Å². The molecule has 1 aromatic heterocycles. The highest BCUT2D eigenvalue weighted by Gasteiger charge is 2.57. The van der Waals surface area contributed by atoms with Crippen LogP contribution in [-0.4, -0.2) is 58.5 Å². The summed E-state index contributed by atoms with van der Waals surface area (Å²) in [6, 6.07) is 13.5. The largest absolute Gasteiger partial charge is 0.467 e. The summed E-state index contributed by atoms with van der Waals surface area (Å²) in [5.74, 6) is 1.35. The number of pyridine rings is 1. The minimum atomic E-state index is -0.660. The third-order valence-electron chi connectivity index (χ3n) is 8.08. The molecule has 3 aliphatic carbocycles. The Morgan fingerprint density at radius 3 is 2.67 bits per heavy atom. The highest BCUT2D eigenvalue weighted by Crippen LogP contribution is 2.52. The summed E-state index contributed by atoms with van der Waals surface area (Å²) in [5, 5.41) is 3.19. The number of fused-ring (bicyclic) bond motifs is 3. The van der Waals surface area contributed by atoms with Gasteiger partial charge in [0.2, 0.25) is 5.91 Å². The third-order valence-corrected chi connectivity index (χ3v) is 8.08. The molecule has 2 bridgehead atoms. The molecule has 2 aromatic rings. The molecule has 4 unspecified atom stereocenters. The Bertz CT molecular complexity index is 1050. The average Bonchev–Trinajstić information content (AvgIpc) is 2.85. The minimum Gasteiger partial charge on any atom is -0.467 e. The summed E-state index contributed by atoms with van der Waals surface area (Å²) in [6.07, 6.45) is 5.36. The van der Waals surface area contributed by atoms with Crippen molar-refractivity contribution in [2.24, 2.45) is 17.8 Å². The van der Waals surface area contributed by atoms with Crippen molar-refractivity contribution in [2.45, 2.75) is 38.0 Å². The molecule has 7 heteroatoms. The van der Waals surface area contributed by atoms with Crippen molar-refractivity contribution in [3.63, 3.8) is 0 Å². The molecule has 0 radical (unpaired) electrons. The van der Waals surface area contributed by atoms with Crippen LogP contribution in [0, 0.1) is 17.8 Å². The van der Waals surface area contributed by atoms with E-state index in [1.807, 2.05) is 36.5 Å². The van der Waals surface area contributed by atoms with E-state index in [4.69, 9.17) is 4.74 Å². The lowest BCUT2D eigenvalue weighted by molar-refractivity contribution is -0.157. The van der Waals surface area contributed by atoms with E-state index in [9.17, 15) is 9.59 Å². The van der Waals surface area contributed by atoms with E-state index >= 15 is 0 Å². The molecule has 33 heavy (non-hydrogen) atoms. The van der Waals surface area contributed by atoms with Gasteiger partial charge in [0.1, 0.15) is 5.75 Å². The van der Waals surface area contributed by atoms with Gasteiger partial charge in [0.25, 0.3) is 5.91 Å². The van der Waals surface area contributed by atoms with Crippen LogP contribution in [0.2, 0.25) is 0 Å². The normalized spacial score (nSPS) is 31.1. The number of rotatable bonds is 3. The predicted molar refractivity (Wildman–Crippen MR) is 122 cm³/mol. The molecule has 4 atom stereocenters. The minimum absolute atomic E-state index is 0.0365. The Morgan fingerprint density at radius 2 is 1.91 bits per heavy atom. The van der Waals surface area contributed by atoms with Crippen molar-refractivity contribution in [3.05, 3.63) is 59.9 Å². The monoisotopic (exact) mass is 446 g/mol. The lowest BCUT2D eigenvalue weighted by atomic mass is 9.59. The van der Waals surface area contributed by atoms with Crippen molar-refractivity contribution >= 4 is 11.8 Å². The molecule has 4 fully saturated rings. The topological polar surface area (TPSA) is 74.8 Å². The lowest BCUT2D eigenvalue weighted by Crippen LogP contribution is -2.67. The van der Waals surface area contributed by atoms with E-state index in [0.29, 0.717) is 23.6 Å². The summed E-state index contributed by atoms with van der Waals surface area (Å²) in [4.78, 5) is 35.1. The number of aromatic nitrogens is 1. The van der Waals surface area contributed by atoms with Gasteiger partial charge in [-0.1, -0.05) is 18.2 Å². The molecule has 172 valence electrons. The van der Waals surface area contributed by atoms with E-state index < -0.39 is 5.72 Å². The zero-order valence-electron chi connectivity index (χ0n) is 18.8. The van der Waals surface area contributed by atoms with E-state index in [2.05, 4.69) is 26.2 Å². The summed E-state index contributed by atoms with van der Waals surface area (Å²) >= 11 is 0. The van der Waals surface area contributed by atoms with E-state index in [1.165, 1.54) is 0 Å². The fraction of sp³-hybridized carbons (Fsp3) is 0.500. The fourth-order valence-corrected chi connectivity index (χ4v) is 6.34. The molecular weight excluding hydrogens is 416 g/mol. The zero-order chi connectivity index (χ0) is 22.4. The van der Waals surface area contributed by atoms with Gasteiger partial charge in [-0.2, -0.15) is 0 Å². The quantitative estimate of drug-likeness (QED) is 0.785. The van der Waals surface area contributed by atoms with Gasteiger partial charge in [-0.25, -0.2) is 0 Å². The smallest absolute Gasteiger partial charge is 0.258 e. The molecule has 3 heterocycles. The van der Waals surface area contributed by atoms with Gasteiger partial charge in [0.15, 0.2) is 5.72 Å². The molecule has 7 nitrogen and oxygen atoms in total. The molecule has 3 saturated carbocycles. The van der Waals surface area contributed by atoms with Crippen molar-refractivity contribution in [3.8, 4) is 5.75 Å². The standard InChI is InChI=1S/C26H30N4O3/c31-24-21-6-1-2-7-23(21)33-26(28-24)16-18-8-9-19(26)15-22(18)25(32)30-13-11-29(12-14-30)17-20-5-3-4-10-27-20/h1-7,10,18-19,22H,8-9,11-17H2,(H,28,31). The molecule has 1 aromatic carbocycles. The number of carbonyl (C=O) groups excluding carboxylic acids is 2. The zero-order valence-corrected chi connectivity index (χ0v) is 18.8. The maximum absolute atomic E-state index is 13.5. The van der Waals surface area contributed by atoms with Crippen LogP contribution in [0.3, 0.4) is 0 Å². The number of hydrogen-bond acceptors (Lipinski definition) is 5. The van der Waals surface area contributed by atoms with Crippen molar-refractivity contribution in [2.75, 3.05) is 26.2 Å². The number of benzene rings is 1. The number of nitrogens with one attached hydrogen (secondary N) is 1. The van der Waals surface area contributed by atoms with Crippen LogP contribution >= 0.6 is 0 Å². The molecule has 2 aliphatic heterocycles. The maximum atomic E-state index is 13.5. The third kappa shape index (κ3) is 3.68. The number of carbonyl (C=O) groups is 2. The van der Waals surface area contributed by atoms with Gasteiger partial charge >= 0.3 is 0 Å². The van der Waals surface area contributed by atoms with Gasteiger partial charge in [-0.15, -0.1) is 0 Å². The van der Waals surface area contributed by atoms with Gasteiger partial charge in [0, 0.05) is 57.2 Å². The lowest BCUT2D eigenvalue weighted by Gasteiger charge is -2.55. The first-order valence-electron chi connectivity index (χ1n) is 12.1. The van der Waals surface area contributed by atoms with E-state index in [1.54, 1.807) is 6.07 Å². The van der Waals surface area contributed by atoms with Gasteiger partial charge < -0.3 is 15.0 Å². The Labute approximate surface area is 194 Å². The van der Waals surface area contributed by atoms with Crippen LogP contribution in [0.15, 0.2) is 48.7 Å². The van der Waals surface area contributed by atoms with Crippen molar-refractivity contribution in [1.82, 2.24) is 20.1 Å². The van der Waals surface area contributed by atoms with Crippen molar-refractivity contribution in [1.29, 1.82) is 0 Å². The predicted octanol–water partition coefficient (Wildman–Crippen LogP) is 2.68. The van der Waals surface area contributed by atoms with Crippen LogP contribution in [0.25, 0.3) is 0 Å². The average molecular weight is 447 g/mol. The molecule has 1 spiro atoms. The fourth-order valence-electron chi connectivity index (χ4n) is 6.34. The molecule has 1 saturated heterocycles. The first-order chi connectivity index (χ1) is 16.1. The highest BCUT2D eigenvalue weighted by atomic mass is 16.5.